The van der Waals surface area contributed by atoms with Gasteiger partial charge in [0.25, 0.3) is 0 Å². The summed E-state index contributed by atoms with van der Waals surface area (Å²) >= 11 is 11.9. The first-order chi connectivity index (χ1) is 9.10. The number of amides is 1. The molecule has 2 rings (SSSR count). The fourth-order valence-corrected chi connectivity index (χ4v) is 2.83. The minimum Gasteiger partial charge on any atom is -0.330 e. The van der Waals surface area contributed by atoms with Crippen LogP contribution in [0.4, 0.5) is 5.69 Å². The number of benzene rings is 1. The van der Waals surface area contributed by atoms with Crippen molar-refractivity contribution in [2.24, 2.45) is 17.6 Å². The van der Waals surface area contributed by atoms with Gasteiger partial charge in [0.2, 0.25) is 5.91 Å². The lowest BCUT2D eigenvalue weighted by Gasteiger charge is -2.26. The third kappa shape index (κ3) is 3.85. The standard InChI is InChI=1S/C14H18Cl2N2O/c15-11-5-6-12(16)13(7-11)18-14(19)10-3-1-9(8-17)2-4-10/h5-7,9-10H,1-4,8,17H2,(H,18,19). The summed E-state index contributed by atoms with van der Waals surface area (Å²) in [5.74, 6) is 0.649. The predicted octanol–water partition coefficient (Wildman–Crippen LogP) is 3.70. The van der Waals surface area contributed by atoms with Crippen molar-refractivity contribution in [2.75, 3.05) is 11.9 Å². The van der Waals surface area contributed by atoms with Crippen molar-refractivity contribution < 1.29 is 4.79 Å². The molecule has 104 valence electrons. The Morgan fingerprint density at radius 2 is 1.95 bits per heavy atom. The Balaban J connectivity index is 1.96. The summed E-state index contributed by atoms with van der Waals surface area (Å²) in [7, 11) is 0. The topological polar surface area (TPSA) is 55.1 Å². The average Bonchev–Trinajstić information content (AvgIpc) is 2.43. The van der Waals surface area contributed by atoms with Crippen LogP contribution in [0.15, 0.2) is 18.2 Å². The highest BCUT2D eigenvalue weighted by atomic mass is 35.5. The summed E-state index contributed by atoms with van der Waals surface area (Å²) in [6.45, 7) is 0.717. The molecule has 0 atom stereocenters. The van der Waals surface area contributed by atoms with Crippen LogP contribution in [0.2, 0.25) is 10.0 Å². The highest BCUT2D eigenvalue weighted by Gasteiger charge is 2.25. The highest BCUT2D eigenvalue weighted by Crippen LogP contribution is 2.31. The van der Waals surface area contributed by atoms with Crippen LogP contribution >= 0.6 is 23.2 Å². The third-order valence-corrected chi connectivity index (χ3v) is 4.30. The van der Waals surface area contributed by atoms with Crippen molar-refractivity contribution in [3.63, 3.8) is 0 Å². The van der Waals surface area contributed by atoms with Crippen LogP contribution in [0.25, 0.3) is 0 Å². The summed E-state index contributed by atoms with van der Waals surface area (Å²) in [6.07, 6.45) is 3.84. The number of hydrogen-bond acceptors (Lipinski definition) is 2. The predicted molar refractivity (Wildman–Crippen MR) is 79.6 cm³/mol. The van der Waals surface area contributed by atoms with Gasteiger partial charge in [0.05, 0.1) is 10.7 Å². The number of anilines is 1. The van der Waals surface area contributed by atoms with E-state index < -0.39 is 0 Å². The van der Waals surface area contributed by atoms with Gasteiger partial charge in [0.1, 0.15) is 0 Å². The van der Waals surface area contributed by atoms with E-state index in [2.05, 4.69) is 5.32 Å². The molecule has 0 aliphatic heterocycles. The quantitative estimate of drug-likeness (QED) is 0.894. The fraction of sp³-hybridized carbons (Fsp3) is 0.500. The Labute approximate surface area is 123 Å². The summed E-state index contributed by atoms with van der Waals surface area (Å²) in [6, 6.07) is 5.06. The lowest BCUT2D eigenvalue weighted by atomic mass is 9.81. The molecule has 1 amide bonds. The Morgan fingerprint density at radius 1 is 1.26 bits per heavy atom. The van der Waals surface area contributed by atoms with Crippen LogP contribution in [-0.4, -0.2) is 12.5 Å². The number of halogens is 2. The second-order valence-corrected chi connectivity index (χ2v) is 5.91. The number of nitrogens with two attached hydrogens (primary N) is 1. The van der Waals surface area contributed by atoms with Gasteiger partial charge >= 0.3 is 0 Å². The SMILES string of the molecule is NCC1CCC(C(=O)Nc2cc(Cl)ccc2Cl)CC1. The van der Waals surface area contributed by atoms with Crippen molar-refractivity contribution in [3.05, 3.63) is 28.2 Å². The minimum atomic E-state index is 0.0274. The summed E-state index contributed by atoms with van der Waals surface area (Å²) in [5, 5.41) is 3.94. The Bertz CT molecular complexity index is 457. The zero-order valence-electron chi connectivity index (χ0n) is 10.7. The van der Waals surface area contributed by atoms with Gasteiger partial charge in [-0.05, 0) is 56.3 Å². The first-order valence-electron chi connectivity index (χ1n) is 6.56. The van der Waals surface area contributed by atoms with E-state index in [4.69, 9.17) is 28.9 Å². The molecule has 0 spiro atoms. The Kier molecular flexibility index (Phi) is 5.08. The molecule has 3 N–H and O–H groups in total. The van der Waals surface area contributed by atoms with E-state index in [0.717, 1.165) is 25.7 Å². The molecular formula is C14H18Cl2N2O. The molecule has 0 saturated heterocycles. The molecule has 0 aromatic heterocycles. The van der Waals surface area contributed by atoms with E-state index in [1.165, 1.54) is 0 Å². The molecular weight excluding hydrogens is 283 g/mol. The van der Waals surface area contributed by atoms with Gasteiger partial charge < -0.3 is 11.1 Å². The number of rotatable bonds is 3. The monoisotopic (exact) mass is 300 g/mol. The van der Waals surface area contributed by atoms with Crippen molar-refractivity contribution in [1.82, 2.24) is 0 Å². The first-order valence-corrected chi connectivity index (χ1v) is 7.31. The molecule has 1 fully saturated rings. The highest BCUT2D eigenvalue weighted by molar-refractivity contribution is 6.35. The van der Waals surface area contributed by atoms with Gasteiger partial charge in [0, 0.05) is 10.9 Å². The van der Waals surface area contributed by atoms with Crippen LogP contribution in [0.1, 0.15) is 25.7 Å². The minimum absolute atomic E-state index is 0.0274. The zero-order chi connectivity index (χ0) is 13.8. The van der Waals surface area contributed by atoms with Crippen molar-refractivity contribution in [1.29, 1.82) is 0 Å². The Hall–Kier alpha value is -0.770. The molecule has 1 aliphatic rings. The molecule has 0 unspecified atom stereocenters. The number of carbonyl (C=O) groups excluding carboxylic acids is 1. The molecule has 3 nitrogen and oxygen atoms in total. The molecule has 19 heavy (non-hydrogen) atoms. The van der Waals surface area contributed by atoms with E-state index in [0.29, 0.717) is 28.2 Å². The van der Waals surface area contributed by atoms with Crippen LogP contribution < -0.4 is 11.1 Å². The Morgan fingerprint density at radius 3 is 2.58 bits per heavy atom. The largest absolute Gasteiger partial charge is 0.330 e. The maximum absolute atomic E-state index is 12.2. The summed E-state index contributed by atoms with van der Waals surface area (Å²) < 4.78 is 0. The van der Waals surface area contributed by atoms with E-state index in [1.807, 2.05) is 0 Å². The molecule has 0 radical (unpaired) electrons. The molecule has 1 aliphatic carbocycles. The lowest BCUT2D eigenvalue weighted by Crippen LogP contribution is -2.29. The van der Waals surface area contributed by atoms with E-state index in [1.54, 1.807) is 18.2 Å². The molecule has 0 heterocycles. The second-order valence-electron chi connectivity index (χ2n) is 5.07. The second kappa shape index (κ2) is 6.60. The first kappa shape index (κ1) is 14.6. The van der Waals surface area contributed by atoms with Crippen LogP contribution in [0, 0.1) is 11.8 Å². The average molecular weight is 301 g/mol. The van der Waals surface area contributed by atoms with E-state index in [-0.39, 0.29) is 11.8 Å². The van der Waals surface area contributed by atoms with Gasteiger partial charge in [0.15, 0.2) is 0 Å². The summed E-state index contributed by atoms with van der Waals surface area (Å²) in [4.78, 5) is 12.2. The molecule has 5 heteroatoms. The lowest BCUT2D eigenvalue weighted by molar-refractivity contribution is -0.121. The maximum atomic E-state index is 12.2. The number of carbonyl (C=O) groups is 1. The van der Waals surface area contributed by atoms with E-state index >= 15 is 0 Å². The van der Waals surface area contributed by atoms with E-state index in [9.17, 15) is 4.79 Å². The molecule has 1 aromatic carbocycles. The normalized spacial score (nSPS) is 23.1. The smallest absolute Gasteiger partial charge is 0.227 e. The fourth-order valence-electron chi connectivity index (χ4n) is 2.49. The zero-order valence-corrected chi connectivity index (χ0v) is 12.2. The van der Waals surface area contributed by atoms with Crippen LogP contribution in [0.5, 0.6) is 0 Å². The van der Waals surface area contributed by atoms with Crippen molar-refractivity contribution in [2.45, 2.75) is 25.7 Å². The van der Waals surface area contributed by atoms with Gasteiger partial charge in [-0.3, -0.25) is 4.79 Å². The van der Waals surface area contributed by atoms with Crippen LogP contribution in [0.3, 0.4) is 0 Å². The molecule has 1 aromatic rings. The van der Waals surface area contributed by atoms with Crippen LogP contribution in [-0.2, 0) is 4.79 Å². The van der Waals surface area contributed by atoms with Gasteiger partial charge in [-0.2, -0.15) is 0 Å². The molecule has 1 saturated carbocycles. The summed E-state index contributed by atoms with van der Waals surface area (Å²) in [5.41, 5.74) is 6.24. The number of hydrogen-bond donors (Lipinski definition) is 2. The van der Waals surface area contributed by atoms with Crippen molar-refractivity contribution in [3.8, 4) is 0 Å². The van der Waals surface area contributed by atoms with Gasteiger partial charge in [-0.15, -0.1) is 0 Å². The van der Waals surface area contributed by atoms with Gasteiger partial charge in [-0.1, -0.05) is 23.2 Å². The molecule has 0 bridgehead atoms. The number of nitrogens with one attached hydrogen (secondary N) is 1. The van der Waals surface area contributed by atoms with Gasteiger partial charge in [-0.25, -0.2) is 0 Å². The van der Waals surface area contributed by atoms with Crippen molar-refractivity contribution >= 4 is 34.8 Å². The maximum Gasteiger partial charge on any atom is 0.227 e. The third-order valence-electron chi connectivity index (χ3n) is 3.74.